The van der Waals surface area contributed by atoms with Gasteiger partial charge in [0.2, 0.25) is 0 Å². The predicted octanol–water partition coefficient (Wildman–Crippen LogP) is 2.92. The van der Waals surface area contributed by atoms with Crippen LogP contribution in [0.2, 0.25) is 0 Å². The van der Waals surface area contributed by atoms with Crippen molar-refractivity contribution in [3.63, 3.8) is 0 Å². The van der Waals surface area contributed by atoms with E-state index in [1.807, 2.05) is 66.9 Å². The molecule has 3 heterocycles. The Morgan fingerprint density at radius 1 is 1.29 bits per heavy atom. The zero-order chi connectivity index (χ0) is 19.7. The Morgan fingerprint density at radius 2 is 2.07 bits per heavy atom. The van der Waals surface area contributed by atoms with Crippen molar-refractivity contribution in [1.82, 2.24) is 14.3 Å². The average molecular weight is 380 g/mol. The van der Waals surface area contributed by atoms with Gasteiger partial charge in [0.05, 0.1) is 31.9 Å². The van der Waals surface area contributed by atoms with Crippen LogP contribution in [0.4, 0.5) is 10.6 Å². The summed E-state index contributed by atoms with van der Waals surface area (Å²) in [6.45, 7) is 4.57. The minimum atomic E-state index is -0.361. The fourth-order valence-corrected chi connectivity index (χ4v) is 3.50. The van der Waals surface area contributed by atoms with Crippen LogP contribution >= 0.6 is 0 Å². The van der Waals surface area contributed by atoms with E-state index < -0.39 is 0 Å². The Kier molecular flexibility index (Phi) is 5.02. The highest BCUT2D eigenvalue weighted by molar-refractivity contribution is 5.94. The summed E-state index contributed by atoms with van der Waals surface area (Å²) < 4.78 is 7.45. The van der Waals surface area contributed by atoms with Crippen LogP contribution in [0.15, 0.2) is 48.7 Å². The predicted molar refractivity (Wildman–Crippen MR) is 107 cm³/mol. The molecule has 0 aliphatic carbocycles. The van der Waals surface area contributed by atoms with Crippen molar-refractivity contribution < 1.29 is 14.6 Å². The second-order valence-corrected chi connectivity index (χ2v) is 7.13. The average Bonchev–Trinajstić information content (AvgIpc) is 3.09. The molecule has 146 valence electrons. The number of carbonyl (C=O) groups is 1. The number of ether oxygens (including phenoxy) is 1. The van der Waals surface area contributed by atoms with Crippen LogP contribution in [-0.4, -0.2) is 57.3 Å². The van der Waals surface area contributed by atoms with Gasteiger partial charge in [-0.25, -0.2) is 9.78 Å². The van der Waals surface area contributed by atoms with Crippen LogP contribution in [-0.2, 0) is 4.74 Å². The normalized spacial score (nSPS) is 19.8. The van der Waals surface area contributed by atoms with Crippen LogP contribution < -0.4 is 5.32 Å². The van der Waals surface area contributed by atoms with Gasteiger partial charge in [-0.2, -0.15) is 0 Å². The molecule has 0 bridgehead atoms. The maximum absolute atomic E-state index is 13.1. The largest absolute Gasteiger partial charge is 0.394 e. The van der Waals surface area contributed by atoms with Gasteiger partial charge < -0.3 is 14.7 Å². The molecule has 2 aromatic heterocycles. The number of hydrogen-bond donors (Lipinski definition) is 2. The Balaban J connectivity index is 1.73. The van der Waals surface area contributed by atoms with E-state index in [0.29, 0.717) is 19.0 Å². The van der Waals surface area contributed by atoms with Crippen molar-refractivity contribution in [2.75, 3.05) is 25.1 Å². The number of pyridine rings is 1. The van der Waals surface area contributed by atoms with Gasteiger partial charge >= 0.3 is 6.03 Å². The summed E-state index contributed by atoms with van der Waals surface area (Å²) >= 11 is 0. The highest BCUT2D eigenvalue weighted by Gasteiger charge is 2.30. The number of carbonyl (C=O) groups excluding carboxylic acids is 1. The number of rotatable bonds is 3. The Labute approximate surface area is 163 Å². The second kappa shape index (κ2) is 7.61. The first-order chi connectivity index (χ1) is 13.6. The molecular formula is C21H24N4O3. The van der Waals surface area contributed by atoms with Crippen molar-refractivity contribution >= 4 is 17.5 Å². The summed E-state index contributed by atoms with van der Waals surface area (Å²) in [5.41, 5.74) is 3.49. The molecule has 1 aromatic carbocycles. The SMILES string of the molecule is Cc1cccn2c(NC(=O)N3C[C@H](CO)OC[C@H]3C)c(-c3ccccc3)nc12. The monoisotopic (exact) mass is 380 g/mol. The summed E-state index contributed by atoms with van der Waals surface area (Å²) in [5.74, 6) is 0.633. The smallest absolute Gasteiger partial charge is 0.323 e. The summed E-state index contributed by atoms with van der Waals surface area (Å²) in [6.07, 6.45) is 1.54. The third kappa shape index (κ3) is 3.34. The van der Waals surface area contributed by atoms with Gasteiger partial charge in [0.25, 0.3) is 0 Å². The highest BCUT2D eigenvalue weighted by atomic mass is 16.5. The van der Waals surface area contributed by atoms with E-state index in [9.17, 15) is 9.90 Å². The lowest BCUT2D eigenvalue weighted by Crippen LogP contribution is -2.53. The second-order valence-electron chi connectivity index (χ2n) is 7.13. The summed E-state index contributed by atoms with van der Waals surface area (Å²) in [4.78, 5) is 19.6. The number of aliphatic hydroxyl groups excluding tert-OH is 1. The number of aromatic nitrogens is 2. The Bertz CT molecular complexity index is 986. The van der Waals surface area contributed by atoms with E-state index in [-0.39, 0.29) is 24.8 Å². The number of imidazole rings is 1. The van der Waals surface area contributed by atoms with Gasteiger partial charge in [-0.1, -0.05) is 36.4 Å². The number of aliphatic hydroxyl groups is 1. The number of nitrogens with one attached hydrogen (secondary N) is 1. The molecular weight excluding hydrogens is 356 g/mol. The van der Waals surface area contributed by atoms with Crippen LogP contribution in [0.1, 0.15) is 12.5 Å². The fraction of sp³-hybridized carbons (Fsp3) is 0.333. The summed E-state index contributed by atoms with van der Waals surface area (Å²) in [7, 11) is 0. The minimum Gasteiger partial charge on any atom is -0.394 e. The Morgan fingerprint density at radius 3 is 2.82 bits per heavy atom. The molecule has 1 aliphatic rings. The lowest BCUT2D eigenvalue weighted by molar-refractivity contribution is -0.0612. The number of nitrogens with zero attached hydrogens (tertiary/aromatic N) is 3. The number of amides is 2. The first-order valence-corrected chi connectivity index (χ1v) is 9.41. The first kappa shape index (κ1) is 18.5. The van der Waals surface area contributed by atoms with Gasteiger partial charge in [0, 0.05) is 11.8 Å². The summed E-state index contributed by atoms with van der Waals surface area (Å²) in [5, 5.41) is 12.5. The van der Waals surface area contributed by atoms with E-state index in [0.717, 1.165) is 22.5 Å². The molecule has 2 amide bonds. The van der Waals surface area contributed by atoms with Crippen molar-refractivity contribution in [2.45, 2.75) is 26.0 Å². The molecule has 2 N–H and O–H groups in total. The van der Waals surface area contributed by atoms with Crippen LogP contribution in [0, 0.1) is 6.92 Å². The molecule has 2 atom stereocenters. The molecule has 3 aromatic rings. The van der Waals surface area contributed by atoms with Crippen LogP contribution in [0.5, 0.6) is 0 Å². The number of aryl methyl sites for hydroxylation is 1. The number of urea groups is 1. The maximum Gasteiger partial charge on any atom is 0.323 e. The van der Waals surface area contributed by atoms with Gasteiger partial charge in [-0.05, 0) is 25.5 Å². The molecule has 0 spiro atoms. The quantitative estimate of drug-likeness (QED) is 0.732. The van der Waals surface area contributed by atoms with Crippen molar-refractivity contribution in [3.8, 4) is 11.3 Å². The third-order valence-electron chi connectivity index (χ3n) is 5.09. The van der Waals surface area contributed by atoms with Gasteiger partial charge in [-0.15, -0.1) is 0 Å². The van der Waals surface area contributed by atoms with E-state index >= 15 is 0 Å². The van der Waals surface area contributed by atoms with Crippen LogP contribution in [0.25, 0.3) is 16.9 Å². The Hall–Kier alpha value is -2.90. The molecule has 0 radical (unpaired) electrons. The van der Waals surface area contributed by atoms with Crippen molar-refractivity contribution in [2.24, 2.45) is 0 Å². The minimum absolute atomic E-state index is 0.0797. The molecule has 1 fully saturated rings. The lowest BCUT2D eigenvalue weighted by atomic mass is 10.1. The number of morpholine rings is 1. The van der Waals surface area contributed by atoms with Gasteiger partial charge in [0.15, 0.2) is 0 Å². The van der Waals surface area contributed by atoms with E-state index in [1.54, 1.807) is 4.90 Å². The van der Waals surface area contributed by atoms with Crippen LogP contribution in [0.3, 0.4) is 0 Å². The van der Waals surface area contributed by atoms with Crippen molar-refractivity contribution in [1.29, 1.82) is 0 Å². The zero-order valence-corrected chi connectivity index (χ0v) is 16.0. The van der Waals surface area contributed by atoms with E-state index in [4.69, 9.17) is 9.72 Å². The third-order valence-corrected chi connectivity index (χ3v) is 5.09. The molecule has 7 nitrogen and oxygen atoms in total. The molecule has 1 saturated heterocycles. The van der Waals surface area contributed by atoms with Gasteiger partial charge in [-0.3, -0.25) is 9.72 Å². The molecule has 7 heteroatoms. The summed E-state index contributed by atoms with van der Waals surface area (Å²) in [6, 6.07) is 13.4. The van der Waals surface area contributed by atoms with Gasteiger partial charge in [0.1, 0.15) is 17.2 Å². The molecule has 1 aliphatic heterocycles. The van der Waals surface area contributed by atoms with Crippen molar-refractivity contribution in [3.05, 3.63) is 54.2 Å². The molecule has 0 saturated carbocycles. The first-order valence-electron chi connectivity index (χ1n) is 9.41. The number of benzene rings is 1. The fourth-order valence-electron chi connectivity index (χ4n) is 3.50. The molecule has 28 heavy (non-hydrogen) atoms. The zero-order valence-electron chi connectivity index (χ0n) is 16.0. The molecule has 0 unspecified atom stereocenters. The molecule has 4 rings (SSSR count). The number of hydrogen-bond acceptors (Lipinski definition) is 4. The topological polar surface area (TPSA) is 79.1 Å². The standard InChI is InChI=1S/C21H24N4O3/c1-14-7-6-10-24-19(14)22-18(16-8-4-3-5-9-16)20(24)23-21(27)25-11-17(12-26)28-13-15(25)2/h3-10,15,17,26H,11-13H2,1-2H3,(H,23,27)/t15-,17-/m1/s1. The van der Waals surface area contributed by atoms with E-state index in [1.165, 1.54) is 0 Å². The number of anilines is 1. The highest BCUT2D eigenvalue weighted by Crippen LogP contribution is 2.30. The maximum atomic E-state index is 13.1. The lowest BCUT2D eigenvalue weighted by Gasteiger charge is -2.37. The van der Waals surface area contributed by atoms with E-state index in [2.05, 4.69) is 5.32 Å². The number of fused-ring (bicyclic) bond motifs is 1.